The third-order valence-electron chi connectivity index (χ3n) is 23.7. The molecular weight excluding hydrogens is 1490 g/mol. The van der Waals surface area contributed by atoms with Gasteiger partial charge in [-0.2, -0.15) is 0 Å². The summed E-state index contributed by atoms with van der Waals surface area (Å²) in [4.78, 5) is 68.4. The maximum atomic E-state index is 12.2. The topological polar surface area (TPSA) is 323 Å². The van der Waals surface area contributed by atoms with Gasteiger partial charge in [-0.25, -0.2) is 0 Å². The Labute approximate surface area is 721 Å². The number of esters is 2. The summed E-state index contributed by atoms with van der Waals surface area (Å²) in [7, 11) is 0. The summed E-state index contributed by atoms with van der Waals surface area (Å²) < 4.78 is 10.2. The first-order chi connectivity index (χ1) is 54.6. The molecule has 10 N–H and O–H groups in total. The second-order valence-corrected chi connectivity index (χ2v) is 34.4. The molecule has 0 unspecified atom stereocenters. The number of aliphatic hydroxyl groups is 8. The minimum absolute atomic E-state index is 0. The molecule has 4 fully saturated rings. The van der Waals surface area contributed by atoms with Gasteiger partial charge in [0.25, 0.3) is 0 Å². The fourth-order valence-electron chi connectivity index (χ4n) is 16.9. The van der Waals surface area contributed by atoms with Crippen LogP contribution in [0.4, 0.5) is 0 Å². The Morgan fingerprint density at radius 2 is 0.508 bits per heavy atom. The van der Waals surface area contributed by atoms with Gasteiger partial charge in [0.05, 0.1) is 61.0 Å². The summed E-state index contributed by atoms with van der Waals surface area (Å²) in [6.07, 6.45) is 57.5. The monoisotopic (exact) mass is 1670 g/mol. The fraction of sp³-hybridized carbons (Fsp3) is 0.820. The molecule has 4 aliphatic rings. The molecule has 692 valence electrons. The molecule has 18 heteroatoms. The van der Waals surface area contributed by atoms with Crippen LogP contribution in [0.5, 0.6) is 0 Å². The third kappa shape index (κ3) is 59.2. The Morgan fingerprint density at radius 1 is 0.288 bits per heavy atom. The van der Waals surface area contributed by atoms with E-state index in [1.165, 1.54) is 114 Å². The van der Waals surface area contributed by atoms with E-state index in [1.54, 1.807) is 0 Å². The summed E-state index contributed by atoms with van der Waals surface area (Å²) in [6, 6.07) is 0. The quantitative estimate of drug-likeness (QED) is 0.0154. The fourth-order valence-corrected chi connectivity index (χ4v) is 16.9. The Bertz CT molecular complexity index is 2470. The molecule has 0 spiro atoms. The number of Topliss-reactive ketones (excluding diaryl/α,β-unsaturated/α-hetero) is 2. The standard InChI is InChI=1S/C26H46O4.C25H44O5.C23H40O4.C22H38O5.4CH4/c1-5-6-7-8-11-14-21(4)17-18-23-22(24(27)19-25(23)28)15-12-9-10-13-16-26(29)30-20(2)3;1-4-5-6-7-10-13-20(26)16-17-22-21(23(27)18-24(22)28)14-11-8-9-12-15-25(29)30-19(2)3;1-3-4-5-6-9-12-18(2)15-16-20-19(21(24)17-22(20)25)13-10-7-8-11-14-23(26)27;1-2-3-4-5-8-11-17(23)14-15-19-18(20(24)16-21(19)25)12-9-6-7-10-13-22(26)27;;;;/h9,12,20,22-25,27-28H,4-8,10-11,13-19H2,1-3H3;8,11,19,21-24,27-28H,4-7,9-10,12-18H2,1-3H3;7,10,19-22,24-25H,2-6,8-9,11-17H2,1H3,(H,26,27);6,9,18-21,24-25H,2-5,7-8,10-16H2,1H3,(H,26,27);4*1H4/b12-9-;11-8-;10-7-;9-6-;;;;/t22-,23-,24+,25-;21-,22-,23+,24-;19-,20-,21+,22-;18-,19-,20+,21-;;;;/m1111..../s1. The number of hydrogen-bond acceptors (Lipinski definition) is 16. The molecule has 0 aromatic rings. The van der Waals surface area contributed by atoms with Crippen molar-refractivity contribution in [3.63, 3.8) is 0 Å². The van der Waals surface area contributed by atoms with Crippen molar-refractivity contribution in [3.05, 3.63) is 72.9 Å². The number of ketones is 2. The van der Waals surface area contributed by atoms with Gasteiger partial charge in [0.2, 0.25) is 0 Å². The first-order valence-electron chi connectivity index (χ1n) is 45.8. The van der Waals surface area contributed by atoms with Crippen molar-refractivity contribution < 1.29 is 89.3 Å². The van der Waals surface area contributed by atoms with Crippen LogP contribution >= 0.6 is 0 Å². The number of carbonyl (C=O) groups is 6. The van der Waals surface area contributed by atoms with E-state index in [0.717, 1.165) is 109 Å². The molecule has 0 aromatic carbocycles. The number of carbonyl (C=O) groups excluding carboxylic acids is 4. The number of allylic oxidation sites excluding steroid dienone is 10. The van der Waals surface area contributed by atoms with Crippen LogP contribution in [-0.2, 0) is 38.2 Å². The highest BCUT2D eigenvalue weighted by atomic mass is 16.5. The van der Waals surface area contributed by atoms with Gasteiger partial charge in [0.1, 0.15) is 11.6 Å². The average Bonchev–Trinajstić information content (AvgIpc) is 1.72. The Morgan fingerprint density at radius 3 is 0.746 bits per heavy atom. The van der Waals surface area contributed by atoms with Crippen LogP contribution in [-0.4, -0.2) is 148 Å². The van der Waals surface area contributed by atoms with Gasteiger partial charge in [-0.15, -0.1) is 0 Å². The zero-order valence-electron chi connectivity index (χ0n) is 72.9. The number of aliphatic hydroxyl groups excluding tert-OH is 8. The number of ether oxygens (including phenoxy) is 2. The first-order valence-corrected chi connectivity index (χ1v) is 45.8. The molecule has 0 aromatic heterocycles. The normalized spacial score (nSPS) is 23.8. The van der Waals surface area contributed by atoms with Crippen LogP contribution in [0.15, 0.2) is 72.9 Å². The van der Waals surface area contributed by atoms with Crippen LogP contribution in [0.25, 0.3) is 0 Å². The van der Waals surface area contributed by atoms with Gasteiger partial charge >= 0.3 is 23.9 Å². The van der Waals surface area contributed by atoms with E-state index in [-0.39, 0.29) is 126 Å². The van der Waals surface area contributed by atoms with Crippen LogP contribution < -0.4 is 0 Å². The minimum atomic E-state index is -0.784. The lowest BCUT2D eigenvalue weighted by Gasteiger charge is -2.23. The largest absolute Gasteiger partial charge is 0.481 e. The molecule has 0 aliphatic heterocycles. The van der Waals surface area contributed by atoms with Crippen molar-refractivity contribution in [2.75, 3.05) is 0 Å². The van der Waals surface area contributed by atoms with Gasteiger partial charge in [-0.3, -0.25) is 28.8 Å². The van der Waals surface area contributed by atoms with Crippen LogP contribution in [0.2, 0.25) is 0 Å². The molecule has 16 atom stereocenters. The summed E-state index contributed by atoms with van der Waals surface area (Å²) >= 11 is 0. The molecule has 4 aliphatic carbocycles. The van der Waals surface area contributed by atoms with Gasteiger partial charge < -0.3 is 60.5 Å². The Hall–Kier alpha value is -4.66. The highest BCUT2D eigenvalue weighted by molar-refractivity contribution is 5.78. The predicted molar refractivity (Wildman–Crippen MR) is 488 cm³/mol. The smallest absolute Gasteiger partial charge is 0.306 e. The first kappa shape index (κ1) is 120. The number of carboxylic acids is 2. The highest BCUT2D eigenvalue weighted by Gasteiger charge is 2.44. The number of unbranched alkanes of at least 4 members (excludes halogenated alkanes) is 20. The van der Waals surface area contributed by atoms with E-state index in [4.69, 9.17) is 19.7 Å². The summed E-state index contributed by atoms with van der Waals surface area (Å²) in [6.45, 7) is 24.7. The van der Waals surface area contributed by atoms with Gasteiger partial charge in [-0.1, -0.05) is 233 Å². The molecule has 0 bridgehead atoms. The Kier molecular flexibility index (Phi) is 77.1. The Balaban J connectivity index is -0.000000727. The van der Waals surface area contributed by atoms with Crippen molar-refractivity contribution in [3.8, 4) is 0 Å². The molecule has 4 rings (SSSR count). The van der Waals surface area contributed by atoms with Gasteiger partial charge in [0.15, 0.2) is 0 Å². The predicted octanol–water partition coefficient (Wildman–Crippen LogP) is 23.3. The van der Waals surface area contributed by atoms with E-state index in [0.29, 0.717) is 109 Å². The lowest BCUT2D eigenvalue weighted by molar-refractivity contribution is -0.148. The number of hydrogen-bond donors (Lipinski definition) is 10. The van der Waals surface area contributed by atoms with Crippen molar-refractivity contribution in [2.45, 2.75) is 480 Å². The molecule has 0 saturated heterocycles. The van der Waals surface area contributed by atoms with Gasteiger partial charge in [0, 0.05) is 51.4 Å². The maximum Gasteiger partial charge on any atom is 0.306 e. The molecule has 0 heterocycles. The summed E-state index contributed by atoms with van der Waals surface area (Å²) in [5, 5.41) is 99.9. The van der Waals surface area contributed by atoms with Crippen molar-refractivity contribution in [1.82, 2.24) is 0 Å². The summed E-state index contributed by atoms with van der Waals surface area (Å²) in [5.74, 6) is -0.909. The van der Waals surface area contributed by atoms with E-state index < -0.39 is 60.8 Å². The van der Waals surface area contributed by atoms with E-state index in [9.17, 15) is 69.6 Å². The summed E-state index contributed by atoms with van der Waals surface area (Å²) in [5.41, 5.74) is 2.55. The van der Waals surface area contributed by atoms with E-state index in [1.807, 2.05) is 64.2 Å². The lowest BCUT2D eigenvalue weighted by atomic mass is 9.85. The molecule has 4 saturated carbocycles. The number of aliphatic carboxylic acids is 2. The van der Waals surface area contributed by atoms with E-state index >= 15 is 0 Å². The molecule has 0 radical (unpaired) electrons. The van der Waals surface area contributed by atoms with Crippen LogP contribution in [0.3, 0.4) is 0 Å². The average molecular weight is 1670 g/mol. The van der Waals surface area contributed by atoms with Crippen LogP contribution in [0, 0.1) is 47.3 Å². The maximum absolute atomic E-state index is 12.2. The van der Waals surface area contributed by atoms with Crippen molar-refractivity contribution in [2.24, 2.45) is 47.3 Å². The zero-order valence-corrected chi connectivity index (χ0v) is 72.9. The third-order valence-corrected chi connectivity index (χ3v) is 23.7. The molecule has 0 amide bonds. The number of rotatable bonds is 62. The van der Waals surface area contributed by atoms with Crippen LogP contribution in [0.1, 0.15) is 419 Å². The minimum Gasteiger partial charge on any atom is -0.481 e. The van der Waals surface area contributed by atoms with Gasteiger partial charge in [-0.05, 0) is 255 Å². The molecule has 118 heavy (non-hydrogen) atoms. The SMILES string of the molecule is C.C.C.C.C=C(CCCCCCC)CC[C@@H]1[C@@H](C/C=C\CCCC(=O)O)[C@@H](O)C[C@H]1O.C=C(CCCCCCC)CC[C@@H]1[C@@H](C/C=C\CCCC(=O)OC(C)C)[C@@H](O)C[C@H]1O.CCCCCCCC(=O)CC[C@@H]1[C@@H](C/C=C\CCCC(=O)O)[C@@H](O)C[C@H]1O.CCCCCCCC(=O)CC[C@@H]1[C@@H](C/C=C\CCCC(=O)OC(C)C)[C@@H](O)C[C@H]1O. The lowest BCUT2D eigenvalue weighted by Crippen LogP contribution is -2.22. The molecular formula is C100H184O18. The van der Waals surface area contributed by atoms with Crippen molar-refractivity contribution >= 4 is 35.4 Å². The second-order valence-electron chi connectivity index (χ2n) is 34.4. The zero-order chi connectivity index (χ0) is 84.9. The molecule has 18 nitrogen and oxygen atoms in total. The number of carboxylic acid groups (broad SMARTS) is 2. The van der Waals surface area contributed by atoms with Crippen molar-refractivity contribution in [1.29, 1.82) is 0 Å². The second kappa shape index (κ2) is 76.0. The van der Waals surface area contributed by atoms with E-state index in [2.05, 4.69) is 53.0 Å². The highest BCUT2D eigenvalue weighted by Crippen LogP contribution is 2.43.